The Labute approximate surface area is 144 Å². The molecule has 0 saturated carbocycles. The number of hydrogen-bond acceptors (Lipinski definition) is 0. The Morgan fingerprint density at radius 3 is 1.72 bits per heavy atom. The fourth-order valence-electron chi connectivity index (χ4n) is 3.74. The summed E-state index contributed by atoms with van der Waals surface area (Å²) < 4.78 is 38.0. The highest BCUT2D eigenvalue weighted by molar-refractivity contribution is 5.78. The quantitative estimate of drug-likeness (QED) is 0.515. The Balaban J connectivity index is 1.57. The summed E-state index contributed by atoms with van der Waals surface area (Å²) in [5.74, 6) is 0.301. The monoisotopic (exact) mass is 338 g/mol. The van der Waals surface area contributed by atoms with Gasteiger partial charge in [0.25, 0.3) is 0 Å². The molecule has 4 rings (SSSR count). The van der Waals surface area contributed by atoms with Crippen LogP contribution in [0.3, 0.4) is 0 Å². The highest BCUT2D eigenvalue weighted by atomic mass is 19.4. The first-order valence-electron chi connectivity index (χ1n) is 8.38. The van der Waals surface area contributed by atoms with E-state index in [4.69, 9.17) is 0 Å². The molecule has 0 fully saturated rings. The predicted octanol–water partition coefficient (Wildman–Crippen LogP) is 6.45. The van der Waals surface area contributed by atoms with E-state index >= 15 is 0 Å². The lowest BCUT2D eigenvalue weighted by atomic mass is 9.90. The number of hydrogen-bond donors (Lipinski definition) is 0. The van der Waals surface area contributed by atoms with Gasteiger partial charge in [-0.15, -0.1) is 0 Å². The number of benzene rings is 3. The molecule has 1 aliphatic carbocycles. The van der Waals surface area contributed by atoms with Crippen LogP contribution in [-0.4, -0.2) is 0 Å². The maximum Gasteiger partial charge on any atom is 0.416 e. The van der Waals surface area contributed by atoms with E-state index in [2.05, 4.69) is 36.4 Å². The Morgan fingerprint density at radius 2 is 1.20 bits per heavy atom. The first-order chi connectivity index (χ1) is 12.0. The fourth-order valence-corrected chi connectivity index (χ4v) is 3.74. The van der Waals surface area contributed by atoms with Crippen LogP contribution in [0.4, 0.5) is 13.2 Å². The molecular weight excluding hydrogens is 321 g/mol. The van der Waals surface area contributed by atoms with Gasteiger partial charge < -0.3 is 0 Å². The normalized spacial score (nSPS) is 13.6. The summed E-state index contributed by atoms with van der Waals surface area (Å²) in [6.07, 6.45) is -2.63. The molecule has 0 radical (unpaired) electrons. The average Bonchev–Trinajstić information content (AvgIpc) is 2.94. The summed E-state index contributed by atoms with van der Waals surface area (Å²) in [4.78, 5) is 0. The van der Waals surface area contributed by atoms with Crippen LogP contribution in [0.2, 0.25) is 0 Å². The lowest BCUT2D eigenvalue weighted by Crippen LogP contribution is -2.05. The van der Waals surface area contributed by atoms with Crippen LogP contribution in [0.15, 0.2) is 72.8 Å². The molecule has 0 bridgehead atoms. The number of alkyl halides is 3. The first-order valence-corrected chi connectivity index (χ1v) is 8.38. The number of fused-ring (bicyclic) bond motifs is 3. The topological polar surface area (TPSA) is 0 Å². The van der Waals surface area contributed by atoms with Crippen LogP contribution in [0.25, 0.3) is 11.1 Å². The molecule has 0 atom stereocenters. The molecule has 0 heterocycles. The number of halogens is 3. The molecule has 0 aromatic heterocycles. The number of rotatable bonds is 3. The third-order valence-corrected chi connectivity index (χ3v) is 4.97. The van der Waals surface area contributed by atoms with Crippen LogP contribution in [-0.2, 0) is 12.6 Å². The van der Waals surface area contributed by atoms with Crippen molar-refractivity contribution in [3.8, 4) is 11.1 Å². The van der Waals surface area contributed by atoms with Crippen molar-refractivity contribution in [1.29, 1.82) is 0 Å². The summed E-state index contributed by atoms with van der Waals surface area (Å²) in [6.45, 7) is 0. The largest absolute Gasteiger partial charge is 0.416 e. The van der Waals surface area contributed by atoms with E-state index in [0.717, 1.165) is 18.4 Å². The zero-order chi connectivity index (χ0) is 17.4. The molecule has 25 heavy (non-hydrogen) atoms. The van der Waals surface area contributed by atoms with E-state index in [-0.39, 0.29) is 0 Å². The number of aryl methyl sites for hydroxylation is 1. The van der Waals surface area contributed by atoms with Gasteiger partial charge in [-0.25, -0.2) is 0 Å². The van der Waals surface area contributed by atoms with Gasteiger partial charge in [0.2, 0.25) is 0 Å². The minimum atomic E-state index is -4.28. The van der Waals surface area contributed by atoms with Crippen LogP contribution >= 0.6 is 0 Å². The molecule has 1 aliphatic rings. The highest BCUT2D eigenvalue weighted by Gasteiger charge is 2.30. The maximum atomic E-state index is 12.7. The molecule has 0 amide bonds. The van der Waals surface area contributed by atoms with E-state index in [0.29, 0.717) is 5.92 Å². The average molecular weight is 338 g/mol. The van der Waals surface area contributed by atoms with E-state index in [1.807, 2.05) is 12.1 Å². The van der Waals surface area contributed by atoms with Gasteiger partial charge in [0.15, 0.2) is 0 Å². The van der Waals surface area contributed by atoms with Crippen molar-refractivity contribution in [2.24, 2.45) is 0 Å². The maximum absolute atomic E-state index is 12.7. The zero-order valence-corrected chi connectivity index (χ0v) is 13.6. The Hall–Kier alpha value is -2.55. The van der Waals surface area contributed by atoms with Crippen molar-refractivity contribution in [1.82, 2.24) is 0 Å². The van der Waals surface area contributed by atoms with E-state index in [1.54, 1.807) is 12.1 Å². The van der Waals surface area contributed by atoms with Gasteiger partial charge >= 0.3 is 6.18 Å². The van der Waals surface area contributed by atoms with Crippen LogP contribution in [0, 0.1) is 0 Å². The van der Waals surface area contributed by atoms with Crippen molar-refractivity contribution in [3.63, 3.8) is 0 Å². The van der Waals surface area contributed by atoms with Gasteiger partial charge in [-0.3, -0.25) is 0 Å². The predicted molar refractivity (Wildman–Crippen MR) is 93.5 cm³/mol. The Morgan fingerprint density at radius 1 is 0.680 bits per heavy atom. The van der Waals surface area contributed by atoms with Gasteiger partial charge in [-0.1, -0.05) is 60.7 Å². The SMILES string of the molecule is FC(F)(F)c1ccc(CCC2c3ccccc3-c3ccccc32)cc1. The van der Waals surface area contributed by atoms with E-state index in [1.165, 1.54) is 34.4 Å². The van der Waals surface area contributed by atoms with Crippen LogP contribution in [0.5, 0.6) is 0 Å². The molecule has 0 aliphatic heterocycles. The Kier molecular flexibility index (Phi) is 3.87. The van der Waals surface area contributed by atoms with Crippen LogP contribution < -0.4 is 0 Å². The first kappa shape index (κ1) is 15.9. The fraction of sp³-hybridized carbons (Fsp3) is 0.182. The van der Waals surface area contributed by atoms with Crippen molar-refractivity contribution in [3.05, 3.63) is 95.1 Å². The van der Waals surface area contributed by atoms with Crippen molar-refractivity contribution in [2.75, 3.05) is 0 Å². The molecule has 0 nitrogen and oxygen atoms in total. The molecular formula is C22H17F3. The molecule has 3 aromatic carbocycles. The summed E-state index contributed by atoms with van der Waals surface area (Å²) in [7, 11) is 0. The zero-order valence-electron chi connectivity index (χ0n) is 13.6. The van der Waals surface area contributed by atoms with E-state index < -0.39 is 11.7 Å². The third kappa shape index (κ3) is 2.95. The van der Waals surface area contributed by atoms with E-state index in [9.17, 15) is 13.2 Å². The molecule has 0 spiro atoms. The van der Waals surface area contributed by atoms with Crippen molar-refractivity contribution in [2.45, 2.75) is 24.9 Å². The van der Waals surface area contributed by atoms with Crippen molar-refractivity contribution >= 4 is 0 Å². The summed E-state index contributed by atoms with van der Waals surface area (Å²) in [5.41, 5.74) is 5.53. The van der Waals surface area contributed by atoms with Gasteiger partial charge in [0, 0.05) is 5.92 Å². The van der Waals surface area contributed by atoms with Gasteiger partial charge in [0.1, 0.15) is 0 Å². The van der Waals surface area contributed by atoms with Crippen LogP contribution in [0.1, 0.15) is 34.6 Å². The Bertz CT molecular complexity index is 846. The summed E-state index contributed by atoms with van der Waals surface area (Å²) >= 11 is 0. The summed E-state index contributed by atoms with van der Waals surface area (Å²) in [6, 6.07) is 22.3. The summed E-state index contributed by atoms with van der Waals surface area (Å²) in [5, 5.41) is 0. The second kappa shape index (κ2) is 6.07. The minimum absolute atomic E-state index is 0.301. The third-order valence-electron chi connectivity index (χ3n) is 4.97. The standard InChI is InChI=1S/C22H17F3/c23-22(24,25)16-12-9-15(10-13-16)11-14-21-19-7-3-1-5-17(19)18-6-2-4-8-20(18)21/h1-10,12-13,21H,11,14H2. The van der Waals surface area contributed by atoms with Crippen molar-refractivity contribution < 1.29 is 13.2 Å². The molecule has 3 heteroatoms. The lowest BCUT2D eigenvalue weighted by molar-refractivity contribution is -0.137. The second-order valence-electron chi connectivity index (χ2n) is 6.46. The molecule has 0 N–H and O–H groups in total. The molecule has 126 valence electrons. The second-order valence-corrected chi connectivity index (χ2v) is 6.46. The van der Waals surface area contributed by atoms with Gasteiger partial charge in [-0.05, 0) is 52.8 Å². The van der Waals surface area contributed by atoms with Gasteiger partial charge in [-0.2, -0.15) is 13.2 Å². The smallest absolute Gasteiger partial charge is 0.166 e. The molecule has 3 aromatic rings. The molecule has 0 unspecified atom stereocenters. The lowest BCUT2D eigenvalue weighted by Gasteiger charge is -2.14. The highest BCUT2D eigenvalue weighted by Crippen LogP contribution is 2.46. The van der Waals surface area contributed by atoms with Gasteiger partial charge in [0.05, 0.1) is 5.56 Å². The minimum Gasteiger partial charge on any atom is -0.166 e. The molecule has 0 saturated heterocycles.